The monoisotopic (exact) mass is 433 g/mol. The van der Waals surface area contributed by atoms with Gasteiger partial charge in [0.05, 0.1) is 0 Å². The molecule has 1 aromatic heterocycles. The molecule has 0 saturated carbocycles. The van der Waals surface area contributed by atoms with Crippen LogP contribution in [0.5, 0.6) is 5.75 Å². The van der Waals surface area contributed by atoms with Crippen molar-refractivity contribution in [1.82, 2.24) is 15.2 Å². The summed E-state index contributed by atoms with van der Waals surface area (Å²) >= 11 is 0. The Bertz CT molecular complexity index is 1090. The second-order valence-electron chi connectivity index (χ2n) is 8.20. The molecule has 0 spiro atoms. The predicted molar refractivity (Wildman–Crippen MR) is 110 cm³/mol. The third kappa shape index (κ3) is 4.23. The van der Waals surface area contributed by atoms with Gasteiger partial charge in [-0.1, -0.05) is 26.8 Å². The molecule has 2 heterocycles. The van der Waals surface area contributed by atoms with E-state index in [0.29, 0.717) is 12.6 Å². The molecule has 1 atom stereocenters. The number of hydrogen-bond donors (Lipinski definition) is 3. The summed E-state index contributed by atoms with van der Waals surface area (Å²) < 4.78 is 28.2. The molecule has 7 nitrogen and oxygen atoms in total. The topological polar surface area (TPSA) is 100 Å². The molecule has 2 aromatic rings. The summed E-state index contributed by atoms with van der Waals surface area (Å²) in [6.45, 7) is 6.16. The first-order valence-electron chi connectivity index (χ1n) is 10.0. The molecule has 0 aliphatic carbocycles. The second kappa shape index (κ2) is 8.58. The van der Waals surface area contributed by atoms with Gasteiger partial charge in [-0.2, -0.15) is 0 Å². The lowest BCUT2D eigenvalue weighted by Gasteiger charge is -2.39. The summed E-state index contributed by atoms with van der Waals surface area (Å²) in [5.74, 6) is -3.60. The zero-order valence-electron chi connectivity index (χ0n) is 17.6. The van der Waals surface area contributed by atoms with Gasteiger partial charge in [0.15, 0.2) is 11.5 Å². The first-order chi connectivity index (χ1) is 14.6. The Morgan fingerprint density at radius 1 is 1.29 bits per heavy atom. The third-order valence-corrected chi connectivity index (χ3v) is 5.65. The largest absolute Gasteiger partial charge is 0.503 e. The Morgan fingerprint density at radius 2 is 2.00 bits per heavy atom. The van der Waals surface area contributed by atoms with Crippen molar-refractivity contribution in [3.8, 4) is 5.75 Å². The molecule has 3 N–H and O–H groups in total. The molecule has 3 rings (SSSR count). The number of hydrogen-bond acceptors (Lipinski definition) is 5. The van der Waals surface area contributed by atoms with Crippen LogP contribution in [0.2, 0.25) is 0 Å². The van der Waals surface area contributed by atoms with E-state index in [9.17, 15) is 28.3 Å². The Balaban J connectivity index is 1.91. The number of pyridine rings is 1. The third-order valence-electron chi connectivity index (χ3n) is 5.65. The molecule has 0 saturated heterocycles. The van der Waals surface area contributed by atoms with E-state index in [2.05, 4.69) is 10.6 Å². The number of Topliss-reactive ketones (excluding diaryl/α,β-unsaturated/α-hetero) is 1. The van der Waals surface area contributed by atoms with Crippen LogP contribution in [0, 0.1) is 17.0 Å². The molecule has 1 unspecified atom stereocenters. The highest BCUT2D eigenvalue weighted by Crippen LogP contribution is 2.34. The smallest absolute Gasteiger partial charge is 0.257 e. The van der Waals surface area contributed by atoms with Crippen LogP contribution in [-0.2, 0) is 13.1 Å². The number of aromatic nitrogens is 1. The average Bonchev–Trinajstić information content (AvgIpc) is 2.71. The first kappa shape index (κ1) is 22.6. The normalized spacial score (nSPS) is 17.3. The van der Waals surface area contributed by atoms with Crippen LogP contribution < -0.4 is 16.1 Å². The highest BCUT2D eigenvalue weighted by Gasteiger charge is 2.44. The maximum Gasteiger partial charge on any atom is 0.257 e. The molecular weight excluding hydrogens is 408 g/mol. The van der Waals surface area contributed by atoms with E-state index in [0.717, 1.165) is 12.5 Å². The number of halogens is 2. The van der Waals surface area contributed by atoms with Crippen LogP contribution in [0.4, 0.5) is 8.78 Å². The summed E-state index contributed by atoms with van der Waals surface area (Å²) in [5, 5.41) is 16.1. The van der Waals surface area contributed by atoms with Crippen LogP contribution in [0.1, 0.15) is 53.6 Å². The van der Waals surface area contributed by atoms with Gasteiger partial charge in [-0.05, 0) is 19.0 Å². The van der Waals surface area contributed by atoms with E-state index in [-0.39, 0.29) is 36.0 Å². The standard InChI is InChI=1S/C22H25F2N3O4/c1-4-7-25-16-11-27-10-14(18(28)19(29)17(27)20(30)22(16,2)3)21(31)26-9-12-5-6-13(23)8-15(12)24/h5-6,8,10,16,25,29H,4,7,9,11H2,1-3H3,(H,26,31). The molecule has 1 aliphatic rings. The zero-order chi connectivity index (χ0) is 22.9. The Kier molecular flexibility index (Phi) is 6.26. The van der Waals surface area contributed by atoms with Gasteiger partial charge in [-0.3, -0.25) is 14.4 Å². The number of nitrogens with one attached hydrogen (secondary N) is 2. The highest BCUT2D eigenvalue weighted by molar-refractivity contribution is 6.03. The lowest BCUT2D eigenvalue weighted by molar-refractivity contribution is 0.0698. The minimum absolute atomic E-state index is 0.0396. The average molecular weight is 433 g/mol. The summed E-state index contributed by atoms with van der Waals surface area (Å²) in [7, 11) is 0. The van der Waals surface area contributed by atoms with Crippen molar-refractivity contribution in [2.75, 3.05) is 6.54 Å². The number of benzene rings is 1. The van der Waals surface area contributed by atoms with Crippen molar-refractivity contribution in [1.29, 1.82) is 0 Å². The van der Waals surface area contributed by atoms with Gasteiger partial charge in [0.1, 0.15) is 22.9 Å². The molecular formula is C22H25F2N3O4. The Labute approximate surface area is 178 Å². The predicted octanol–water partition coefficient (Wildman–Crippen LogP) is 2.35. The fraction of sp³-hybridized carbons (Fsp3) is 0.409. The van der Waals surface area contributed by atoms with Crippen molar-refractivity contribution in [2.45, 2.75) is 46.3 Å². The van der Waals surface area contributed by atoms with E-state index in [1.807, 2.05) is 6.92 Å². The quantitative estimate of drug-likeness (QED) is 0.649. The number of rotatable bonds is 6. The number of fused-ring (bicyclic) bond motifs is 1. The lowest BCUT2D eigenvalue weighted by Crippen LogP contribution is -2.54. The molecule has 31 heavy (non-hydrogen) atoms. The molecule has 1 aliphatic heterocycles. The first-order valence-corrected chi connectivity index (χ1v) is 10.0. The van der Waals surface area contributed by atoms with Crippen LogP contribution >= 0.6 is 0 Å². The van der Waals surface area contributed by atoms with E-state index in [4.69, 9.17) is 0 Å². The van der Waals surface area contributed by atoms with Gasteiger partial charge < -0.3 is 20.3 Å². The van der Waals surface area contributed by atoms with E-state index >= 15 is 0 Å². The number of ketones is 1. The fourth-order valence-corrected chi connectivity index (χ4v) is 3.66. The van der Waals surface area contributed by atoms with Crippen LogP contribution in [0.3, 0.4) is 0 Å². The maximum atomic E-state index is 13.8. The Hall–Kier alpha value is -3.07. The second-order valence-corrected chi connectivity index (χ2v) is 8.20. The number of carbonyl (C=O) groups excluding carboxylic acids is 2. The van der Waals surface area contributed by atoms with Gasteiger partial charge in [0.25, 0.3) is 5.91 Å². The lowest BCUT2D eigenvalue weighted by atomic mass is 9.75. The van der Waals surface area contributed by atoms with Crippen LogP contribution in [0.25, 0.3) is 0 Å². The zero-order valence-corrected chi connectivity index (χ0v) is 17.6. The molecule has 0 bridgehead atoms. The van der Waals surface area contributed by atoms with Gasteiger partial charge in [-0.25, -0.2) is 8.78 Å². The van der Waals surface area contributed by atoms with Gasteiger partial charge in [0.2, 0.25) is 5.43 Å². The van der Waals surface area contributed by atoms with Gasteiger partial charge in [0, 0.05) is 42.4 Å². The van der Waals surface area contributed by atoms with E-state index < -0.39 is 39.9 Å². The molecule has 1 amide bonds. The highest BCUT2D eigenvalue weighted by atomic mass is 19.1. The van der Waals surface area contributed by atoms with Crippen LogP contribution in [-0.4, -0.2) is 34.0 Å². The summed E-state index contributed by atoms with van der Waals surface area (Å²) in [4.78, 5) is 38.2. The molecule has 1 aromatic carbocycles. The molecule has 0 radical (unpaired) electrons. The van der Waals surface area contributed by atoms with E-state index in [1.54, 1.807) is 13.8 Å². The van der Waals surface area contributed by atoms with Crippen molar-refractivity contribution in [3.05, 3.63) is 63.1 Å². The Morgan fingerprint density at radius 3 is 2.65 bits per heavy atom. The maximum absolute atomic E-state index is 13.8. The summed E-state index contributed by atoms with van der Waals surface area (Å²) in [5.41, 5.74) is -2.30. The number of aromatic hydroxyl groups is 1. The van der Waals surface area contributed by atoms with Crippen molar-refractivity contribution < 1.29 is 23.5 Å². The number of nitrogens with zero attached hydrogens (tertiary/aromatic N) is 1. The number of carbonyl (C=O) groups is 2. The van der Waals surface area contributed by atoms with Crippen molar-refractivity contribution in [2.24, 2.45) is 5.41 Å². The molecule has 0 fully saturated rings. The van der Waals surface area contributed by atoms with Crippen molar-refractivity contribution in [3.63, 3.8) is 0 Å². The van der Waals surface area contributed by atoms with Gasteiger partial charge >= 0.3 is 0 Å². The van der Waals surface area contributed by atoms with E-state index in [1.165, 1.54) is 16.8 Å². The minimum atomic E-state index is -0.979. The number of amides is 1. The summed E-state index contributed by atoms with van der Waals surface area (Å²) in [6.07, 6.45) is 2.10. The molecule has 166 valence electrons. The van der Waals surface area contributed by atoms with Crippen molar-refractivity contribution >= 4 is 11.7 Å². The minimum Gasteiger partial charge on any atom is -0.503 e. The fourth-order valence-electron chi connectivity index (χ4n) is 3.66. The molecule has 9 heteroatoms. The van der Waals surface area contributed by atoms with Gasteiger partial charge in [-0.15, -0.1) is 0 Å². The summed E-state index contributed by atoms with van der Waals surface area (Å²) in [6, 6.07) is 2.67. The van der Waals surface area contributed by atoms with Crippen LogP contribution in [0.15, 0.2) is 29.2 Å². The SMILES string of the molecule is CCCNC1Cn2cc(C(=O)NCc3ccc(F)cc3F)c(=O)c(O)c2C(=O)C1(C)C.